The van der Waals surface area contributed by atoms with E-state index in [4.69, 9.17) is 4.84 Å². The van der Waals surface area contributed by atoms with Crippen molar-refractivity contribution in [3.05, 3.63) is 34.9 Å². The van der Waals surface area contributed by atoms with Crippen molar-refractivity contribution in [3.63, 3.8) is 0 Å². The topological polar surface area (TPSA) is 38.3 Å². The molecule has 1 aromatic carbocycles. The van der Waals surface area contributed by atoms with Gasteiger partial charge in [0.25, 0.3) is 5.91 Å². The number of benzene rings is 1. The summed E-state index contributed by atoms with van der Waals surface area (Å²) in [6.07, 6.45) is 8.20. The average Bonchev–Trinajstić information content (AvgIpc) is 3.05. The summed E-state index contributed by atoms with van der Waals surface area (Å²) in [6.45, 7) is 0. The van der Waals surface area contributed by atoms with Gasteiger partial charge in [0.2, 0.25) is 0 Å². The van der Waals surface area contributed by atoms with Gasteiger partial charge in [-0.2, -0.15) is 0 Å². The van der Waals surface area contributed by atoms with Crippen LogP contribution in [-0.2, 0) is 17.7 Å². The molecule has 3 nitrogen and oxygen atoms in total. The molecule has 1 saturated carbocycles. The predicted molar refractivity (Wildman–Crippen MR) is 69.3 cm³/mol. The highest BCUT2D eigenvalue weighted by Gasteiger charge is 2.18. The molecule has 0 bridgehead atoms. The summed E-state index contributed by atoms with van der Waals surface area (Å²) in [4.78, 5) is 17.4. The Hall–Kier alpha value is -1.35. The first-order valence-corrected chi connectivity index (χ1v) is 6.91. The SMILES string of the molecule is O=C(NOC1CCCC1)c1ccc2c(c1)CCC2. The van der Waals surface area contributed by atoms with Gasteiger partial charge in [0.1, 0.15) is 0 Å². The quantitative estimate of drug-likeness (QED) is 0.832. The zero-order chi connectivity index (χ0) is 12.4. The molecule has 1 N–H and O–H groups in total. The molecule has 2 aliphatic carbocycles. The van der Waals surface area contributed by atoms with Gasteiger partial charge < -0.3 is 0 Å². The smallest absolute Gasteiger partial charge is 0.270 e. The molecule has 1 fully saturated rings. The Kier molecular flexibility index (Phi) is 3.33. The third-order valence-electron chi connectivity index (χ3n) is 3.98. The summed E-state index contributed by atoms with van der Waals surface area (Å²) >= 11 is 0. The van der Waals surface area contributed by atoms with Crippen LogP contribution < -0.4 is 5.48 Å². The van der Waals surface area contributed by atoms with Gasteiger partial charge in [0.15, 0.2) is 0 Å². The Morgan fingerprint density at radius 1 is 1.11 bits per heavy atom. The second-order valence-corrected chi connectivity index (χ2v) is 5.29. The number of hydrogen-bond acceptors (Lipinski definition) is 2. The van der Waals surface area contributed by atoms with Crippen molar-refractivity contribution in [1.82, 2.24) is 5.48 Å². The second-order valence-electron chi connectivity index (χ2n) is 5.29. The molecule has 0 unspecified atom stereocenters. The fourth-order valence-electron chi connectivity index (χ4n) is 2.92. The standard InChI is InChI=1S/C15H19NO2/c17-15(16-18-14-6-1-2-7-14)13-9-8-11-4-3-5-12(11)10-13/h8-10,14H,1-7H2,(H,16,17). The van der Waals surface area contributed by atoms with Crippen LogP contribution in [-0.4, -0.2) is 12.0 Å². The maximum atomic E-state index is 12.0. The van der Waals surface area contributed by atoms with Gasteiger partial charge >= 0.3 is 0 Å². The molecule has 0 heterocycles. The normalized spacial score (nSPS) is 18.9. The van der Waals surface area contributed by atoms with Crippen molar-refractivity contribution in [2.45, 2.75) is 51.0 Å². The first-order valence-electron chi connectivity index (χ1n) is 6.91. The number of carbonyl (C=O) groups is 1. The van der Waals surface area contributed by atoms with E-state index in [0.717, 1.165) is 25.7 Å². The van der Waals surface area contributed by atoms with E-state index in [1.807, 2.05) is 12.1 Å². The number of carbonyl (C=O) groups excluding carboxylic acids is 1. The number of aryl methyl sites for hydroxylation is 2. The van der Waals surface area contributed by atoms with Crippen molar-refractivity contribution in [2.75, 3.05) is 0 Å². The molecule has 0 radical (unpaired) electrons. The molecule has 0 aromatic heterocycles. The van der Waals surface area contributed by atoms with Gasteiger partial charge in [-0.15, -0.1) is 0 Å². The number of nitrogens with one attached hydrogen (secondary N) is 1. The molecule has 1 aromatic rings. The highest BCUT2D eigenvalue weighted by atomic mass is 16.7. The highest BCUT2D eigenvalue weighted by molar-refractivity contribution is 5.93. The number of amides is 1. The molecule has 3 heteroatoms. The highest BCUT2D eigenvalue weighted by Crippen LogP contribution is 2.23. The summed E-state index contributed by atoms with van der Waals surface area (Å²) in [5.74, 6) is -0.114. The van der Waals surface area contributed by atoms with Gasteiger partial charge in [-0.3, -0.25) is 9.63 Å². The van der Waals surface area contributed by atoms with E-state index in [-0.39, 0.29) is 12.0 Å². The summed E-state index contributed by atoms with van der Waals surface area (Å²) in [5.41, 5.74) is 6.02. The van der Waals surface area contributed by atoms with E-state index in [2.05, 4.69) is 11.5 Å². The number of rotatable bonds is 3. The summed E-state index contributed by atoms with van der Waals surface area (Å²) < 4.78 is 0. The Labute approximate surface area is 107 Å². The minimum Gasteiger partial charge on any atom is -0.270 e. The van der Waals surface area contributed by atoms with Gasteiger partial charge in [-0.05, 0) is 55.4 Å². The lowest BCUT2D eigenvalue weighted by Gasteiger charge is -2.11. The van der Waals surface area contributed by atoms with Crippen LogP contribution in [0.1, 0.15) is 53.6 Å². The molecule has 0 aliphatic heterocycles. The number of fused-ring (bicyclic) bond motifs is 1. The molecule has 3 rings (SSSR count). The van der Waals surface area contributed by atoms with Crippen LogP contribution in [0.25, 0.3) is 0 Å². The van der Waals surface area contributed by atoms with Crippen molar-refractivity contribution in [2.24, 2.45) is 0 Å². The third-order valence-corrected chi connectivity index (χ3v) is 3.98. The molecule has 0 spiro atoms. The zero-order valence-electron chi connectivity index (χ0n) is 10.6. The monoisotopic (exact) mass is 245 g/mol. The Morgan fingerprint density at radius 2 is 1.89 bits per heavy atom. The minimum absolute atomic E-state index is 0.114. The van der Waals surface area contributed by atoms with Gasteiger partial charge in [-0.1, -0.05) is 18.9 Å². The van der Waals surface area contributed by atoms with E-state index in [9.17, 15) is 4.79 Å². The van der Waals surface area contributed by atoms with Crippen LogP contribution in [0.4, 0.5) is 0 Å². The maximum absolute atomic E-state index is 12.0. The number of hydrogen-bond donors (Lipinski definition) is 1. The molecule has 96 valence electrons. The maximum Gasteiger partial charge on any atom is 0.274 e. The van der Waals surface area contributed by atoms with E-state index < -0.39 is 0 Å². The first kappa shape index (κ1) is 11.7. The molecular formula is C15H19NO2. The van der Waals surface area contributed by atoms with E-state index in [0.29, 0.717) is 5.56 Å². The Balaban J connectivity index is 1.61. The fourth-order valence-corrected chi connectivity index (χ4v) is 2.92. The first-order chi connectivity index (χ1) is 8.83. The van der Waals surface area contributed by atoms with Crippen LogP contribution in [0, 0.1) is 0 Å². The van der Waals surface area contributed by atoms with Crippen LogP contribution in [0.5, 0.6) is 0 Å². The molecule has 18 heavy (non-hydrogen) atoms. The summed E-state index contributed by atoms with van der Waals surface area (Å²) in [6, 6.07) is 5.99. The molecule has 0 atom stereocenters. The van der Waals surface area contributed by atoms with E-state index in [1.165, 1.54) is 30.4 Å². The number of hydroxylamine groups is 1. The molecule has 2 aliphatic rings. The van der Waals surface area contributed by atoms with Gasteiger partial charge in [-0.25, -0.2) is 5.48 Å². The van der Waals surface area contributed by atoms with Crippen molar-refractivity contribution in [3.8, 4) is 0 Å². The molecule has 0 saturated heterocycles. The van der Waals surface area contributed by atoms with Gasteiger partial charge in [0.05, 0.1) is 6.10 Å². The molecular weight excluding hydrogens is 226 g/mol. The van der Waals surface area contributed by atoms with Crippen molar-refractivity contribution < 1.29 is 9.63 Å². The largest absolute Gasteiger partial charge is 0.274 e. The molecule has 1 amide bonds. The second kappa shape index (κ2) is 5.11. The van der Waals surface area contributed by atoms with Crippen LogP contribution in [0.3, 0.4) is 0 Å². The van der Waals surface area contributed by atoms with Crippen LogP contribution in [0.2, 0.25) is 0 Å². The fraction of sp³-hybridized carbons (Fsp3) is 0.533. The predicted octanol–water partition coefficient (Wildman–Crippen LogP) is 2.78. The van der Waals surface area contributed by atoms with Crippen molar-refractivity contribution >= 4 is 5.91 Å². The third kappa shape index (κ3) is 2.41. The van der Waals surface area contributed by atoms with Crippen LogP contribution >= 0.6 is 0 Å². The summed E-state index contributed by atoms with van der Waals surface area (Å²) in [5, 5.41) is 0. The lowest BCUT2D eigenvalue weighted by molar-refractivity contribution is -0.0124. The van der Waals surface area contributed by atoms with E-state index >= 15 is 0 Å². The lowest BCUT2D eigenvalue weighted by Crippen LogP contribution is -2.28. The lowest BCUT2D eigenvalue weighted by atomic mass is 10.1. The Morgan fingerprint density at radius 3 is 2.72 bits per heavy atom. The average molecular weight is 245 g/mol. The van der Waals surface area contributed by atoms with E-state index in [1.54, 1.807) is 0 Å². The summed E-state index contributed by atoms with van der Waals surface area (Å²) in [7, 11) is 0. The zero-order valence-corrected chi connectivity index (χ0v) is 10.6. The van der Waals surface area contributed by atoms with Gasteiger partial charge in [0, 0.05) is 5.56 Å². The minimum atomic E-state index is -0.114. The van der Waals surface area contributed by atoms with Crippen molar-refractivity contribution in [1.29, 1.82) is 0 Å². The Bertz CT molecular complexity index is 450. The van der Waals surface area contributed by atoms with Crippen LogP contribution in [0.15, 0.2) is 18.2 Å².